The minimum absolute atomic E-state index is 0.00694. The normalized spacial score (nSPS) is 13.3. The molecule has 1 saturated carbocycles. The van der Waals surface area contributed by atoms with Crippen molar-refractivity contribution in [1.82, 2.24) is 4.98 Å². The molecule has 5 heteroatoms. The number of pyridine rings is 1. The average Bonchev–Trinajstić information content (AvgIpc) is 3.15. The Balaban J connectivity index is 0.000000171. The van der Waals surface area contributed by atoms with Crippen molar-refractivity contribution in [3.05, 3.63) is 28.7 Å². The van der Waals surface area contributed by atoms with E-state index in [1.165, 1.54) is 12.3 Å². The van der Waals surface area contributed by atoms with Crippen LogP contribution in [0, 0.1) is 5.92 Å². The predicted octanol–water partition coefficient (Wildman–Crippen LogP) is 1.34. The highest BCUT2D eigenvalue weighted by molar-refractivity contribution is 5.74. The predicted molar refractivity (Wildman–Crippen MR) is 63.0 cm³/mol. The Hall–Kier alpha value is -1.78. The standard InChI is InChI=1S/C6H7NO2.C6H10O2/c1-9-5-2-3-6(8)7-4-5;1-2-8-6(7)5-3-4-5/h2-4H,1H3,(H,7,8);5H,2-4H2,1H3. The Bertz CT molecular complexity index is 389. The smallest absolute Gasteiger partial charge is 0.308 e. The first-order valence-electron chi connectivity index (χ1n) is 5.56. The fourth-order valence-corrected chi connectivity index (χ4v) is 1.10. The van der Waals surface area contributed by atoms with E-state index in [9.17, 15) is 9.59 Å². The second-order valence-corrected chi connectivity index (χ2v) is 3.62. The molecule has 0 radical (unpaired) electrons. The van der Waals surface area contributed by atoms with Gasteiger partial charge in [0.1, 0.15) is 5.75 Å². The lowest BCUT2D eigenvalue weighted by Crippen LogP contribution is -2.04. The number of nitrogens with one attached hydrogen (secondary N) is 1. The molecule has 1 fully saturated rings. The Morgan fingerprint density at radius 3 is 2.59 bits per heavy atom. The maximum Gasteiger partial charge on any atom is 0.308 e. The molecule has 0 aliphatic heterocycles. The Kier molecular flexibility index (Phi) is 5.26. The van der Waals surface area contributed by atoms with E-state index in [0.717, 1.165) is 12.8 Å². The van der Waals surface area contributed by atoms with Gasteiger partial charge in [-0.05, 0) is 25.8 Å². The number of methoxy groups -OCH3 is 1. The third kappa shape index (κ3) is 5.19. The van der Waals surface area contributed by atoms with Gasteiger partial charge in [0, 0.05) is 12.3 Å². The van der Waals surface area contributed by atoms with Crippen molar-refractivity contribution in [1.29, 1.82) is 0 Å². The van der Waals surface area contributed by atoms with Gasteiger partial charge in [-0.2, -0.15) is 0 Å². The van der Waals surface area contributed by atoms with Crippen molar-refractivity contribution in [2.45, 2.75) is 19.8 Å². The van der Waals surface area contributed by atoms with Gasteiger partial charge in [0.05, 0.1) is 19.6 Å². The van der Waals surface area contributed by atoms with E-state index in [4.69, 9.17) is 9.47 Å². The van der Waals surface area contributed by atoms with E-state index in [0.29, 0.717) is 12.4 Å². The molecule has 0 saturated heterocycles. The van der Waals surface area contributed by atoms with Gasteiger partial charge < -0.3 is 14.5 Å². The van der Waals surface area contributed by atoms with Crippen LogP contribution in [0.15, 0.2) is 23.1 Å². The van der Waals surface area contributed by atoms with Crippen molar-refractivity contribution in [3.63, 3.8) is 0 Å². The van der Waals surface area contributed by atoms with Crippen molar-refractivity contribution < 1.29 is 14.3 Å². The third-order valence-corrected chi connectivity index (χ3v) is 2.19. The molecule has 1 N–H and O–H groups in total. The van der Waals surface area contributed by atoms with Crippen LogP contribution >= 0.6 is 0 Å². The first kappa shape index (κ1) is 13.3. The lowest BCUT2D eigenvalue weighted by atomic mass is 10.4. The number of carbonyl (C=O) groups excluding carboxylic acids is 1. The summed E-state index contributed by atoms with van der Waals surface area (Å²) >= 11 is 0. The van der Waals surface area contributed by atoms with E-state index in [-0.39, 0.29) is 17.4 Å². The lowest BCUT2D eigenvalue weighted by Gasteiger charge is -1.95. The van der Waals surface area contributed by atoms with E-state index in [1.54, 1.807) is 13.2 Å². The van der Waals surface area contributed by atoms with Gasteiger partial charge in [-0.25, -0.2) is 0 Å². The van der Waals surface area contributed by atoms with E-state index < -0.39 is 0 Å². The molecule has 5 nitrogen and oxygen atoms in total. The van der Waals surface area contributed by atoms with Crippen molar-refractivity contribution in [2.24, 2.45) is 5.92 Å². The summed E-state index contributed by atoms with van der Waals surface area (Å²) in [4.78, 5) is 23.5. The highest BCUT2D eigenvalue weighted by atomic mass is 16.5. The van der Waals surface area contributed by atoms with Gasteiger partial charge in [-0.3, -0.25) is 9.59 Å². The molecule has 0 amide bonds. The minimum Gasteiger partial charge on any atom is -0.495 e. The molecule has 0 bridgehead atoms. The molecule has 17 heavy (non-hydrogen) atoms. The zero-order valence-electron chi connectivity index (χ0n) is 10.1. The summed E-state index contributed by atoms with van der Waals surface area (Å²) in [5.74, 6) is 0.914. The van der Waals surface area contributed by atoms with Crippen LogP contribution in [-0.4, -0.2) is 24.7 Å². The Morgan fingerprint density at radius 2 is 2.18 bits per heavy atom. The van der Waals surface area contributed by atoms with Crippen LogP contribution < -0.4 is 10.3 Å². The van der Waals surface area contributed by atoms with Gasteiger partial charge in [0.2, 0.25) is 5.56 Å². The topological polar surface area (TPSA) is 68.4 Å². The van der Waals surface area contributed by atoms with Crippen molar-refractivity contribution in [3.8, 4) is 5.75 Å². The number of carbonyl (C=O) groups is 1. The summed E-state index contributed by atoms with van der Waals surface area (Å²) < 4.78 is 9.53. The van der Waals surface area contributed by atoms with Gasteiger partial charge in [0.25, 0.3) is 0 Å². The summed E-state index contributed by atoms with van der Waals surface area (Å²) in [6, 6.07) is 3.03. The monoisotopic (exact) mass is 239 g/mol. The highest BCUT2D eigenvalue weighted by Crippen LogP contribution is 2.29. The molecule has 0 unspecified atom stereocenters. The zero-order valence-corrected chi connectivity index (χ0v) is 10.1. The molecular formula is C12H17NO4. The van der Waals surface area contributed by atoms with Crippen LogP contribution in [-0.2, 0) is 9.53 Å². The minimum atomic E-state index is -0.115. The van der Waals surface area contributed by atoms with Crippen molar-refractivity contribution >= 4 is 5.97 Å². The van der Waals surface area contributed by atoms with E-state index >= 15 is 0 Å². The zero-order chi connectivity index (χ0) is 12.7. The molecular weight excluding hydrogens is 222 g/mol. The van der Waals surface area contributed by atoms with Crippen LogP contribution in [0.3, 0.4) is 0 Å². The first-order valence-corrected chi connectivity index (χ1v) is 5.56. The largest absolute Gasteiger partial charge is 0.495 e. The lowest BCUT2D eigenvalue weighted by molar-refractivity contribution is -0.144. The third-order valence-electron chi connectivity index (χ3n) is 2.19. The molecule has 2 rings (SSSR count). The molecule has 0 spiro atoms. The molecule has 94 valence electrons. The number of ether oxygens (including phenoxy) is 2. The summed E-state index contributed by atoms with van der Waals surface area (Å²) in [5.41, 5.74) is -0.115. The summed E-state index contributed by atoms with van der Waals surface area (Å²) in [6.07, 6.45) is 3.60. The molecule has 1 heterocycles. The van der Waals surface area contributed by atoms with E-state index in [2.05, 4.69) is 4.98 Å². The van der Waals surface area contributed by atoms with Crippen LogP contribution in [0.4, 0.5) is 0 Å². The fraction of sp³-hybridized carbons (Fsp3) is 0.500. The summed E-state index contributed by atoms with van der Waals surface area (Å²) in [6.45, 7) is 2.36. The second kappa shape index (κ2) is 6.73. The number of H-pyrrole nitrogens is 1. The Labute approximate surface area is 99.8 Å². The van der Waals surface area contributed by atoms with Crippen LogP contribution in [0.2, 0.25) is 0 Å². The maximum atomic E-state index is 10.6. The van der Waals surface area contributed by atoms with Gasteiger partial charge in [-0.1, -0.05) is 0 Å². The van der Waals surface area contributed by atoms with Gasteiger partial charge in [0.15, 0.2) is 0 Å². The fourth-order valence-electron chi connectivity index (χ4n) is 1.10. The quantitative estimate of drug-likeness (QED) is 0.808. The van der Waals surface area contributed by atoms with Crippen molar-refractivity contribution in [2.75, 3.05) is 13.7 Å². The average molecular weight is 239 g/mol. The van der Waals surface area contributed by atoms with Crippen LogP contribution in [0.25, 0.3) is 0 Å². The second-order valence-electron chi connectivity index (χ2n) is 3.62. The van der Waals surface area contributed by atoms with E-state index in [1.807, 2.05) is 6.92 Å². The van der Waals surface area contributed by atoms with Gasteiger partial charge >= 0.3 is 5.97 Å². The first-order chi connectivity index (χ1) is 8.17. The molecule has 0 atom stereocenters. The molecule has 0 aromatic carbocycles. The number of aromatic nitrogens is 1. The highest BCUT2D eigenvalue weighted by Gasteiger charge is 2.30. The van der Waals surface area contributed by atoms with Gasteiger partial charge in [-0.15, -0.1) is 0 Å². The summed E-state index contributed by atoms with van der Waals surface area (Å²) in [7, 11) is 1.55. The number of esters is 1. The van der Waals surface area contributed by atoms with Crippen LogP contribution in [0.5, 0.6) is 5.75 Å². The number of rotatable bonds is 3. The molecule has 1 aromatic heterocycles. The van der Waals surface area contributed by atoms with Crippen LogP contribution in [0.1, 0.15) is 19.8 Å². The molecule has 1 aliphatic carbocycles. The summed E-state index contributed by atoms with van der Waals surface area (Å²) in [5, 5.41) is 0. The number of hydrogen-bond donors (Lipinski definition) is 1. The molecule has 1 aromatic rings. The number of aromatic amines is 1. The Morgan fingerprint density at radius 1 is 1.47 bits per heavy atom. The molecule has 1 aliphatic rings. The maximum absolute atomic E-state index is 10.6. The number of hydrogen-bond acceptors (Lipinski definition) is 4. The SMILES string of the molecule is CCOC(=O)C1CC1.COc1ccc(=O)[nH]c1.